The Morgan fingerprint density at radius 1 is 1.37 bits per heavy atom. The number of carbonyl (C=O) groups excluding carboxylic acids is 1. The summed E-state index contributed by atoms with van der Waals surface area (Å²) in [6.07, 6.45) is 0.915. The summed E-state index contributed by atoms with van der Waals surface area (Å²) in [5.41, 5.74) is 4.01. The van der Waals surface area contributed by atoms with E-state index in [0.717, 1.165) is 13.0 Å². The zero-order valence-corrected chi connectivity index (χ0v) is 12.8. The maximum Gasteiger partial charge on any atom is 0.236 e. The zero-order chi connectivity index (χ0) is 14.4. The minimum atomic E-state index is 0.139. The van der Waals surface area contributed by atoms with E-state index in [1.165, 1.54) is 16.7 Å². The van der Waals surface area contributed by atoms with Gasteiger partial charge in [-0.2, -0.15) is 0 Å². The van der Waals surface area contributed by atoms with E-state index in [1.54, 1.807) is 11.9 Å². The number of amides is 1. The standard InChI is InChI=1S/C16H26N2O/c1-12(2)14-7-6-13(3)15(10-14)8-9-18(5)16(19)11-17-4/h6-7,10,12,17H,8-9,11H2,1-5H3. The summed E-state index contributed by atoms with van der Waals surface area (Å²) in [4.78, 5) is 13.5. The van der Waals surface area contributed by atoms with Gasteiger partial charge in [0.25, 0.3) is 0 Å². The number of rotatable bonds is 6. The monoisotopic (exact) mass is 262 g/mol. The Morgan fingerprint density at radius 3 is 2.63 bits per heavy atom. The lowest BCUT2D eigenvalue weighted by molar-refractivity contribution is -0.128. The Hall–Kier alpha value is -1.35. The molecule has 0 aliphatic carbocycles. The second-order valence-electron chi connectivity index (χ2n) is 5.44. The first-order valence-corrected chi connectivity index (χ1v) is 6.93. The number of likely N-dealkylation sites (N-methyl/N-ethyl adjacent to an activating group) is 2. The highest BCUT2D eigenvalue weighted by molar-refractivity contribution is 5.77. The van der Waals surface area contributed by atoms with Crippen molar-refractivity contribution in [2.24, 2.45) is 0 Å². The van der Waals surface area contributed by atoms with Crippen LogP contribution in [0.4, 0.5) is 0 Å². The van der Waals surface area contributed by atoms with Gasteiger partial charge in [0.05, 0.1) is 6.54 Å². The van der Waals surface area contributed by atoms with E-state index >= 15 is 0 Å². The SMILES string of the molecule is CNCC(=O)N(C)CCc1cc(C(C)C)ccc1C. The van der Waals surface area contributed by atoms with Crippen LogP contribution in [0.3, 0.4) is 0 Å². The molecule has 0 unspecified atom stereocenters. The van der Waals surface area contributed by atoms with E-state index in [2.05, 4.69) is 44.3 Å². The van der Waals surface area contributed by atoms with Crippen LogP contribution in [0.1, 0.15) is 36.5 Å². The molecule has 1 aromatic rings. The lowest BCUT2D eigenvalue weighted by Gasteiger charge is -2.18. The summed E-state index contributed by atoms with van der Waals surface area (Å²) in [5.74, 6) is 0.683. The van der Waals surface area contributed by atoms with E-state index in [9.17, 15) is 4.79 Å². The summed E-state index contributed by atoms with van der Waals surface area (Å²) in [6.45, 7) is 7.72. The minimum Gasteiger partial charge on any atom is -0.344 e. The predicted molar refractivity (Wildman–Crippen MR) is 80.5 cm³/mol. The molecule has 3 heteroatoms. The molecule has 0 atom stereocenters. The lowest BCUT2D eigenvalue weighted by Crippen LogP contribution is -2.35. The number of nitrogens with zero attached hydrogens (tertiary/aromatic N) is 1. The van der Waals surface area contributed by atoms with Gasteiger partial charge in [-0.15, -0.1) is 0 Å². The van der Waals surface area contributed by atoms with Crippen molar-refractivity contribution in [1.29, 1.82) is 0 Å². The first-order valence-electron chi connectivity index (χ1n) is 6.93. The van der Waals surface area contributed by atoms with Gasteiger partial charge in [0, 0.05) is 13.6 Å². The Labute approximate surface area is 117 Å². The molecule has 3 nitrogen and oxygen atoms in total. The largest absolute Gasteiger partial charge is 0.344 e. The molecule has 0 aliphatic rings. The van der Waals surface area contributed by atoms with Crippen LogP contribution in [0.2, 0.25) is 0 Å². The van der Waals surface area contributed by atoms with Gasteiger partial charge in [0.15, 0.2) is 0 Å². The van der Waals surface area contributed by atoms with E-state index < -0.39 is 0 Å². The average Bonchev–Trinajstić information content (AvgIpc) is 2.37. The topological polar surface area (TPSA) is 32.3 Å². The maximum absolute atomic E-state index is 11.7. The van der Waals surface area contributed by atoms with Crippen LogP contribution in [-0.2, 0) is 11.2 Å². The third kappa shape index (κ3) is 4.67. The van der Waals surface area contributed by atoms with Crippen LogP contribution < -0.4 is 5.32 Å². The molecule has 106 valence electrons. The lowest BCUT2D eigenvalue weighted by atomic mass is 9.96. The molecule has 0 bridgehead atoms. The van der Waals surface area contributed by atoms with Crippen molar-refractivity contribution in [1.82, 2.24) is 10.2 Å². The Kier molecular flexibility index (Phi) is 6.03. The fourth-order valence-corrected chi connectivity index (χ4v) is 2.02. The molecule has 0 aliphatic heterocycles. The van der Waals surface area contributed by atoms with Crippen LogP contribution in [-0.4, -0.2) is 38.0 Å². The van der Waals surface area contributed by atoms with Crippen molar-refractivity contribution in [3.05, 3.63) is 34.9 Å². The summed E-state index contributed by atoms with van der Waals surface area (Å²) >= 11 is 0. The van der Waals surface area contributed by atoms with Crippen molar-refractivity contribution in [2.75, 3.05) is 27.2 Å². The first kappa shape index (κ1) is 15.7. The van der Waals surface area contributed by atoms with Gasteiger partial charge in [0.2, 0.25) is 5.91 Å². The Morgan fingerprint density at radius 2 is 2.05 bits per heavy atom. The van der Waals surface area contributed by atoms with Gasteiger partial charge in [-0.05, 0) is 43.0 Å². The fourth-order valence-electron chi connectivity index (χ4n) is 2.02. The normalized spacial score (nSPS) is 10.8. The van der Waals surface area contributed by atoms with Gasteiger partial charge >= 0.3 is 0 Å². The van der Waals surface area contributed by atoms with Crippen LogP contribution in [0.15, 0.2) is 18.2 Å². The maximum atomic E-state index is 11.7. The number of benzene rings is 1. The fraction of sp³-hybridized carbons (Fsp3) is 0.562. The molecule has 1 rings (SSSR count). The molecule has 0 aromatic heterocycles. The van der Waals surface area contributed by atoms with E-state index in [4.69, 9.17) is 0 Å². The Bertz CT molecular complexity index is 427. The van der Waals surface area contributed by atoms with Crippen LogP contribution in [0.5, 0.6) is 0 Å². The molecule has 0 radical (unpaired) electrons. The predicted octanol–water partition coefficient (Wildman–Crippen LogP) is 2.34. The van der Waals surface area contributed by atoms with Crippen molar-refractivity contribution in [2.45, 2.75) is 33.1 Å². The highest BCUT2D eigenvalue weighted by Gasteiger charge is 2.09. The highest BCUT2D eigenvalue weighted by atomic mass is 16.2. The van der Waals surface area contributed by atoms with Crippen molar-refractivity contribution in [3.63, 3.8) is 0 Å². The molecule has 1 amide bonds. The van der Waals surface area contributed by atoms with Crippen LogP contribution in [0.25, 0.3) is 0 Å². The van der Waals surface area contributed by atoms with E-state index in [0.29, 0.717) is 12.5 Å². The summed E-state index contributed by atoms with van der Waals surface area (Å²) in [6, 6.07) is 6.65. The zero-order valence-electron chi connectivity index (χ0n) is 12.8. The smallest absolute Gasteiger partial charge is 0.236 e. The first-order chi connectivity index (χ1) is 8.95. The highest BCUT2D eigenvalue weighted by Crippen LogP contribution is 2.19. The van der Waals surface area contributed by atoms with Gasteiger partial charge in [-0.1, -0.05) is 32.0 Å². The molecular weight excluding hydrogens is 236 g/mol. The molecule has 0 heterocycles. The number of aryl methyl sites for hydroxylation is 1. The number of nitrogens with one attached hydrogen (secondary N) is 1. The third-order valence-electron chi connectivity index (χ3n) is 3.51. The molecule has 1 N–H and O–H groups in total. The molecule has 1 aromatic carbocycles. The van der Waals surface area contributed by atoms with Crippen LogP contribution in [0, 0.1) is 6.92 Å². The van der Waals surface area contributed by atoms with Gasteiger partial charge in [-0.3, -0.25) is 4.79 Å². The quantitative estimate of drug-likeness (QED) is 0.853. The minimum absolute atomic E-state index is 0.139. The molecule has 0 spiro atoms. The van der Waals surface area contributed by atoms with E-state index in [-0.39, 0.29) is 5.91 Å². The molecular formula is C16H26N2O. The van der Waals surface area contributed by atoms with Gasteiger partial charge in [0.1, 0.15) is 0 Å². The summed E-state index contributed by atoms with van der Waals surface area (Å²) in [7, 11) is 3.66. The second-order valence-corrected chi connectivity index (χ2v) is 5.44. The number of hydrogen-bond donors (Lipinski definition) is 1. The summed E-state index contributed by atoms with van der Waals surface area (Å²) in [5, 5.41) is 2.89. The van der Waals surface area contributed by atoms with Gasteiger partial charge < -0.3 is 10.2 Å². The van der Waals surface area contributed by atoms with E-state index in [1.807, 2.05) is 7.05 Å². The van der Waals surface area contributed by atoms with Gasteiger partial charge in [-0.25, -0.2) is 0 Å². The second kappa shape index (κ2) is 7.29. The van der Waals surface area contributed by atoms with Crippen LogP contribution >= 0.6 is 0 Å². The molecule has 0 saturated carbocycles. The molecule has 19 heavy (non-hydrogen) atoms. The number of carbonyl (C=O) groups is 1. The molecule has 0 saturated heterocycles. The Balaban J connectivity index is 2.66. The molecule has 0 fully saturated rings. The van der Waals surface area contributed by atoms with Crippen molar-refractivity contribution >= 4 is 5.91 Å². The van der Waals surface area contributed by atoms with Crippen molar-refractivity contribution < 1.29 is 4.79 Å². The number of hydrogen-bond acceptors (Lipinski definition) is 2. The van der Waals surface area contributed by atoms with Crippen molar-refractivity contribution in [3.8, 4) is 0 Å². The third-order valence-corrected chi connectivity index (χ3v) is 3.51. The average molecular weight is 262 g/mol. The summed E-state index contributed by atoms with van der Waals surface area (Å²) < 4.78 is 0.